The van der Waals surface area contributed by atoms with Gasteiger partial charge in [0.2, 0.25) is 5.91 Å². The van der Waals surface area contributed by atoms with Crippen molar-refractivity contribution in [1.29, 1.82) is 0 Å². The molecule has 0 bridgehead atoms. The average Bonchev–Trinajstić information content (AvgIpc) is 3.06. The second kappa shape index (κ2) is 6.54. The molecule has 4 rings (SSSR count). The number of hydrogen-bond donors (Lipinski definition) is 1. The van der Waals surface area contributed by atoms with Crippen LogP contribution in [-0.4, -0.2) is 70.6 Å². The van der Waals surface area contributed by atoms with E-state index in [0.717, 1.165) is 6.20 Å². The van der Waals surface area contributed by atoms with E-state index >= 15 is 0 Å². The number of halogens is 1. The van der Waals surface area contributed by atoms with Crippen LogP contribution >= 0.6 is 0 Å². The lowest BCUT2D eigenvalue weighted by Crippen LogP contribution is -2.56. The van der Waals surface area contributed by atoms with Crippen molar-refractivity contribution < 1.29 is 22.4 Å². The molecule has 2 aromatic rings. The molecule has 10 heteroatoms. The summed E-state index contributed by atoms with van der Waals surface area (Å²) in [5.41, 5.74) is 1.07. The number of sulfone groups is 1. The van der Waals surface area contributed by atoms with Crippen LogP contribution in [0.25, 0.3) is 11.0 Å². The number of rotatable bonds is 3. The third-order valence-electron chi connectivity index (χ3n) is 5.45. The maximum absolute atomic E-state index is 14.4. The molecule has 2 aromatic heterocycles. The number of amides is 2. The van der Waals surface area contributed by atoms with E-state index in [0.29, 0.717) is 22.2 Å². The van der Waals surface area contributed by atoms with Crippen LogP contribution < -0.4 is 0 Å². The molecule has 1 unspecified atom stereocenters. The summed E-state index contributed by atoms with van der Waals surface area (Å²) in [5.74, 6) is -1.58. The molecule has 2 aliphatic rings. The monoisotopic (exact) mass is 408 g/mol. The van der Waals surface area contributed by atoms with E-state index in [-0.39, 0.29) is 48.9 Å². The third kappa shape index (κ3) is 2.95. The molecule has 1 fully saturated rings. The molecule has 1 atom stereocenters. The Hall–Kier alpha value is -2.49. The van der Waals surface area contributed by atoms with Crippen molar-refractivity contribution in [2.75, 3.05) is 24.6 Å². The minimum absolute atomic E-state index is 0.0325. The van der Waals surface area contributed by atoms with Gasteiger partial charge in [0, 0.05) is 30.2 Å². The zero-order valence-electron chi connectivity index (χ0n) is 15.6. The molecular formula is C18H21FN4O4S. The summed E-state index contributed by atoms with van der Waals surface area (Å²) in [4.78, 5) is 36.0. The Balaban J connectivity index is 1.68. The largest absolute Gasteiger partial charge is 0.345 e. The van der Waals surface area contributed by atoms with E-state index in [1.807, 2.05) is 13.8 Å². The predicted molar refractivity (Wildman–Crippen MR) is 99.8 cm³/mol. The van der Waals surface area contributed by atoms with Gasteiger partial charge < -0.3 is 14.8 Å². The number of H-pyrrole nitrogens is 1. The van der Waals surface area contributed by atoms with E-state index in [9.17, 15) is 22.4 Å². The molecule has 0 radical (unpaired) electrons. The number of pyridine rings is 1. The highest BCUT2D eigenvalue weighted by Crippen LogP contribution is 2.33. The number of aromatic nitrogens is 2. The Morgan fingerprint density at radius 3 is 2.61 bits per heavy atom. The fourth-order valence-electron chi connectivity index (χ4n) is 3.98. The average molecular weight is 408 g/mol. The highest BCUT2D eigenvalue weighted by Gasteiger charge is 2.41. The van der Waals surface area contributed by atoms with Crippen LogP contribution in [0.2, 0.25) is 0 Å². The van der Waals surface area contributed by atoms with Gasteiger partial charge in [-0.25, -0.2) is 17.8 Å². The normalized spacial score (nSPS) is 20.1. The lowest BCUT2D eigenvalue weighted by molar-refractivity contribution is -0.137. The van der Waals surface area contributed by atoms with Crippen molar-refractivity contribution in [3.8, 4) is 0 Å². The van der Waals surface area contributed by atoms with Gasteiger partial charge in [0.15, 0.2) is 9.84 Å². The molecule has 0 saturated carbocycles. The van der Waals surface area contributed by atoms with Crippen LogP contribution in [0.5, 0.6) is 0 Å². The molecule has 8 nitrogen and oxygen atoms in total. The van der Waals surface area contributed by atoms with Gasteiger partial charge in [-0.3, -0.25) is 9.59 Å². The Morgan fingerprint density at radius 1 is 1.29 bits per heavy atom. The summed E-state index contributed by atoms with van der Waals surface area (Å²) in [5, 5.41) is 0.459. The number of nitrogens with one attached hydrogen (secondary N) is 1. The van der Waals surface area contributed by atoms with Crippen LogP contribution in [0.4, 0.5) is 4.39 Å². The third-order valence-corrected chi connectivity index (χ3v) is 7.06. The Kier molecular flexibility index (Phi) is 4.40. The van der Waals surface area contributed by atoms with Gasteiger partial charge in [0.1, 0.15) is 17.5 Å². The molecule has 0 spiro atoms. The minimum atomic E-state index is -3.13. The molecular weight excluding hydrogens is 387 g/mol. The van der Waals surface area contributed by atoms with Crippen LogP contribution in [0.3, 0.4) is 0 Å². The summed E-state index contributed by atoms with van der Waals surface area (Å²) in [6.07, 6.45) is 2.60. The number of aromatic amines is 1. The molecule has 150 valence electrons. The summed E-state index contributed by atoms with van der Waals surface area (Å²) >= 11 is 0. The zero-order valence-corrected chi connectivity index (χ0v) is 16.4. The summed E-state index contributed by atoms with van der Waals surface area (Å²) in [6, 6.07) is -0.807. The van der Waals surface area contributed by atoms with Crippen molar-refractivity contribution in [2.45, 2.75) is 26.4 Å². The van der Waals surface area contributed by atoms with Crippen LogP contribution in [-0.2, 0) is 21.2 Å². The van der Waals surface area contributed by atoms with Crippen molar-refractivity contribution in [1.82, 2.24) is 19.8 Å². The van der Waals surface area contributed by atoms with Gasteiger partial charge in [0.25, 0.3) is 5.91 Å². The van der Waals surface area contributed by atoms with Gasteiger partial charge in [-0.1, -0.05) is 13.8 Å². The SMILES string of the molecule is CC(C)C(C(=O)N1CCS(=O)(=O)CC1)N1Cc2c(F)cnc3[nH]cc(c23)C1=O. The fourth-order valence-corrected chi connectivity index (χ4v) is 5.18. The number of nitrogens with zero attached hydrogens (tertiary/aromatic N) is 3. The van der Waals surface area contributed by atoms with Crippen molar-refractivity contribution in [3.05, 3.63) is 29.3 Å². The van der Waals surface area contributed by atoms with Crippen molar-refractivity contribution in [2.24, 2.45) is 5.92 Å². The van der Waals surface area contributed by atoms with Gasteiger partial charge in [-0.2, -0.15) is 0 Å². The second-order valence-electron chi connectivity index (χ2n) is 7.61. The highest BCUT2D eigenvalue weighted by atomic mass is 32.2. The lowest BCUT2D eigenvalue weighted by atomic mass is 9.95. The highest BCUT2D eigenvalue weighted by molar-refractivity contribution is 7.91. The smallest absolute Gasteiger partial charge is 0.257 e. The van der Waals surface area contributed by atoms with Crippen molar-refractivity contribution >= 4 is 32.7 Å². The first-order chi connectivity index (χ1) is 13.2. The molecule has 2 aliphatic heterocycles. The Bertz CT molecular complexity index is 1060. The topological polar surface area (TPSA) is 103 Å². The molecule has 0 aromatic carbocycles. The Labute approximate surface area is 161 Å². The molecule has 1 saturated heterocycles. The van der Waals surface area contributed by atoms with Crippen LogP contribution in [0.15, 0.2) is 12.4 Å². The van der Waals surface area contributed by atoms with Gasteiger partial charge in [-0.15, -0.1) is 0 Å². The first-order valence-corrected chi connectivity index (χ1v) is 11.0. The molecule has 28 heavy (non-hydrogen) atoms. The second-order valence-corrected chi connectivity index (χ2v) is 9.91. The first kappa shape index (κ1) is 18.9. The molecule has 1 N–H and O–H groups in total. The van der Waals surface area contributed by atoms with E-state index in [1.54, 1.807) is 0 Å². The van der Waals surface area contributed by atoms with Crippen LogP contribution in [0, 0.1) is 11.7 Å². The maximum Gasteiger partial charge on any atom is 0.257 e. The lowest BCUT2D eigenvalue weighted by Gasteiger charge is -2.39. The van der Waals surface area contributed by atoms with Crippen molar-refractivity contribution in [3.63, 3.8) is 0 Å². The van der Waals surface area contributed by atoms with E-state index in [1.165, 1.54) is 16.0 Å². The van der Waals surface area contributed by atoms with E-state index in [2.05, 4.69) is 9.97 Å². The summed E-state index contributed by atoms with van der Waals surface area (Å²) < 4.78 is 37.8. The quantitative estimate of drug-likeness (QED) is 0.814. The first-order valence-electron chi connectivity index (χ1n) is 9.14. The van der Waals surface area contributed by atoms with E-state index < -0.39 is 21.7 Å². The van der Waals surface area contributed by atoms with Gasteiger partial charge in [-0.05, 0) is 5.92 Å². The summed E-state index contributed by atoms with van der Waals surface area (Å²) in [7, 11) is -3.13. The van der Waals surface area contributed by atoms with Gasteiger partial charge >= 0.3 is 0 Å². The molecule has 2 amide bonds. The maximum atomic E-state index is 14.4. The number of carbonyl (C=O) groups excluding carboxylic acids is 2. The number of carbonyl (C=O) groups is 2. The zero-order chi connectivity index (χ0) is 20.2. The number of hydrogen-bond acceptors (Lipinski definition) is 5. The minimum Gasteiger partial charge on any atom is -0.345 e. The molecule has 4 heterocycles. The predicted octanol–water partition coefficient (Wildman–Crippen LogP) is 0.939. The standard InChI is InChI=1S/C18H21FN4O4S/c1-10(2)15(18(25)22-3-5-28(26,27)6-4-22)23-9-12-13(19)8-21-16-14(12)11(7-20-16)17(23)24/h7-8,10,15H,3-6,9H2,1-2H3,(H,20,21). The fraction of sp³-hybridized carbons (Fsp3) is 0.500. The van der Waals surface area contributed by atoms with E-state index in [4.69, 9.17) is 0 Å². The Morgan fingerprint density at radius 2 is 1.96 bits per heavy atom. The molecule has 0 aliphatic carbocycles. The van der Waals surface area contributed by atoms with Gasteiger partial charge in [0.05, 0.1) is 29.8 Å². The summed E-state index contributed by atoms with van der Waals surface area (Å²) in [6.45, 7) is 3.82. The van der Waals surface area contributed by atoms with Crippen LogP contribution in [0.1, 0.15) is 29.8 Å².